The van der Waals surface area contributed by atoms with Gasteiger partial charge in [0.2, 0.25) is 11.8 Å². The van der Waals surface area contributed by atoms with E-state index in [-0.39, 0.29) is 30.6 Å². The zero-order valence-corrected chi connectivity index (χ0v) is 21.0. The molecular weight excluding hydrogens is 470 g/mol. The van der Waals surface area contributed by atoms with E-state index in [2.05, 4.69) is 42.0 Å². The van der Waals surface area contributed by atoms with Crippen LogP contribution in [0.15, 0.2) is 17.2 Å². The lowest BCUT2D eigenvalue weighted by Gasteiger charge is -2.16. The Morgan fingerprint density at radius 3 is 2.53 bits per heavy atom. The minimum absolute atomic E-state index is 0.0409. The zero-order chi connectivity index (χ0) is 26.9. The molecule has 0 aliphatic heterocycles. The fourth-order valence-electron chi connectivity index (χ4n) is 2.96. The number of unbranched alkanes of at least 4 members (excludes halogenated alkanes) is 1. The third-order valence-electron chi connectivity index (χ3n) is 5.07. The average molecular weight is 502 g/mol. The summed E-state index contributed by atoms with van der Waals surface area (Å²) in [6.45, 7) is 5.33. The molecule has 0 saturated carbocycles. The van der Waals surface area contributed by atoms with E-state index in [1.165, 1.54) is 26.6 Å². The van der Waals surface area contributed by atoms with Crippen LogP contribution in [0.25, 0.3) is 11.0 Å². The smallest absolute Gasteiger partial charge is 0.328 e. The molecule has 0 unspecified atom stereocenters. The second kappa shape index (κ2) is 12.5. The first-order valence-corrected chi connectivity index (χ1v) is 11.3. The van der Waals surface area contributed by atoms with Crippen molar-refractivity contribution >= 4 is 40.6 Å². The van der Waals surface area contributed by atoms with Gasteiger partial charge in [-0.05, 0) is 18.9 Å². The minimum Gasteiger partial charge on any atom is -0.469 e. The standard InChI is InChI=1S/C24H31N5O7/c1-24(2,3)23(34)28-17-13-15-20(27-17)25-14-29(21(15)32)12-8-6-7-9-18(30)26-16(22(33)36-5)10-11-19(31)35-4/h13-14,16,27H,6-7,9-11H2,1-5H3,(H,26,30)(H,28,34)/t16-/m0/s1. The van der Waals surface area contributed by atoms with Gasteiger partial charge in [-0.2, -0.15) is 0 Å². The highest BCUT2D eigenvalue weighted by molar-refractivity contribution is 5.96. The molecule has 0 aromatic carbocycles. The predicted molar refractivity (Wildman–Crippen MR) is 131 cm³/mol. The van der Waals surface area contributed by atoms with Gasteiger partial charge in [-0.3, -0.25) is 19.2 Å². The molecule has 0 spiro atoms. The monoisotopic (exact) mass is 501 g/mol. The summed E-state index contributed by atoms with van der Waals surface area (Å²) in [5.74, 6) is 1.43. The van der Waals surface area contributed by atoms with Crippen LogP contribution in [0, 0.1) is 17.4 Å². The van der Waals surface area contributed by atoms with Gasteiger partial charge in [0, 0.05) is 30.7 Å². The predicted octanol–water partition coefficient (Wildman–Crippen LogP) is 1.30. The fraction of sp³-hybridized carbons (Fsp3) is 0.500. The van der Waals surface area contributed by atoms with Crippen molar-refractivity contribution in [3.8, 4) is 12.0 Å². The maximum atomic E-state index is 12.7. The number of carbonyl (C=O) groups is 4. The van der Waals surface area contributed by atoms with Gasteiger partial charge in [0.15, 0.2) is 0 Å². The highest BCUT2D eigenvalue weighted by Gasteiger charge is 2.23. The first kappa shape index (κ1) is 28.1. The van der Waals surface area contributed by atoms with Crippen LogP contribution in [0.1, 0.15) is 52.9 Å². The van der Waals surface area contributed by atoms with Crippen molar-refractivity contribution in [3.63, 3.8) is 0 Å². The highest BCUT2D eigenvalue weighted by atomic mass is 16.5. The van der Waals surface area contributed by atoms with E-state index in [0.717, 1.165) is 4.57 Å². The maximum Gasteiger partial charge on any atom is 0.328 e. The zero-order valence-electron chi connectivity index (χ0n) is 21.0. The number of amides is 2. The average Bonchev–Trinajstić information content (AvgIpc) is 3.24. The quantitative estimate of drug-likeness (QED) is 0.263. The van der Waals surface area contributed by atoms with Gasteiger partial charge in [-0.25, -0.2) is 14.3 Å². The molecule has 2 heterocycles. The van der Waals surface area contributed by atoms with Crippen molar-refractivity contribution in [2.75, 3.05) is 19.5 Å². The van der Waals surface area contributed by atoms with Crippen molar-refractivity contribution < 1.29 is 28.7 Å². The number of nitrogens with zero attached hydrogens (tertiary/aromatic N) is 2. The third-order valence-corrected chi connectivity index (χ3v) is 5.07. The molecule has 194 valence electrons. The van der Waals surface area contributed by atoms with Crippen LogP contribution in [0.2, 0.25) is 0 Å². The summed E-state index contributed by atoms with van der Waals surface area (Å²) in [4.78, 5) is 67.2. The summed E-state index contributed by atoms with van der Waals surface area (Å²) in [5.41, 5.74) is -0.674. The molecule has 0 fully saturated rings. The van der Waals surface area contributed by atoms with Crippen LogP contribution in [0.4, 0.5) is 5.82 Å². The number of ether oxygens (including phenoxy) is 2. The van der Waals surface area contributed by atoms with Gasteiger partial charge in [-0.15, -0.1) is 0 Å². The number of aromatic amines is 1. The van der Waals surface area contributed by atoms with Crippen LogP contribution < -0.4 is 16.2 Å². The molecule has 12 heteroatoms. The lowest BCUT2D eigenvalue weighted by molar-refractivity contribution is -0.146. The number of esters is 2. The van der Waals surface area contributed by atoms with E-state index in [0.29, 0.717) is 24.3 Å². The summed E-state index contributed by atoms with van der Waals surface area (Å²) in [6.07, 6.45) is 2.06. The molecule has 2 amide bonds. The Kier molecular flexibility index (Phi) is 9.78. The molecule has 0 aliphatic carbocycles. The normalized spacial score (nSPS) is 11.7. The van der Waals surface area contributed by atoms with E-state index in [9.17, 15) is 24.0 Å². The minimum atomic E-state index is -0.955. The number of aromatic nitrogens is 3. The molecule has 2 aromatic heterocycles. The maximum absolute atomic E-state index is 12.7. The molecule has 2 aromatic rings. The number of methoxy groups -OCH3 is 2. The van der Waals surface area contributed by atoms with Crippen molar-refractivity contribution in [2.45, 2.75) is 58.9 Å². The number of anilines is 1. The Bertz CT molecular complexity index is 1240. The molecule has 1 atom stereocenters. The summed E-state index contributed by atoms with van der Waals surface area (Å²) in [7, 11) is 2.43. The summed E-state index contributed by atoms with van der Waals surface area (Å²) in [6, 6.07) is 3.25. The summed E-state index contributed by atoms with van der Waals surface area (Å²) in [5, 5.41) is 5.54. The third kappa shape index (κ3) is 7.97. The molecule has 3 N–H and O–H groups in total. The van der Waals surface area contributed by atoms with Gasteiger partial charge in [0.25, 0.3) is 5.56 Å². The summed E-state index contributed by atoms with van der Waals surface area (Å²) < 4.78 is 10.3. The Balaban J connectivity index is 1.94. The molecule has 0 radical (unpaired) electrons. The molecule has 0 bridgehead atoms. The Labute approximate surface area is 208 Å². The Morgan fingerprint density at radius 1 is 1.17 bits per heavy atom. The van der Waals surface area contributed by atoms with Gasteiger partial charge in [-0.1, -0.05) is 26.7 Å². The number of hydrogen-bond donors (Lipinski definition) is 3. The first-order chi connectivity index (χ1) is 17.0. The van der Waals surface area contributed by atoms with Crippen LogP contribution >= 0.6 is 0 Å². The van der Waals surface area contributed by atoms with Crippen LogP contribution in [-0.4, -0.2) is 58.5 Å². The Hall–Kier alpha value is -4.14. The number of rotatable bonds is 9. The number of carbonyl (C=O) groups excluding carboxylic acids is 4. The number of fused-ring (bicyclic) bond motifs is 1. The van der Waals surface area contributed by atoms with Gasteiger partial charge in [0.1, 0.15) is 23.8 Å². The van der Waals surface area contributed by atoms with Gasteiger partial charge < -0.3 is 25.1 Å². The number of hydrogen-bond acceptors (Lipinski definition) is 8. The van der Waals surface area contributed by atoms with E-state index >= 15 is 0 Å². The van der Waals surface area contributed by atoms with E-state index in [1.807, 2.05) is 0 Å². The summed E-state index contributed by atoms with van der Waals surface area (Å²) >= 11 is 0. The van der Waals surface area contributed by atoms with Crippen molar-refractivity contribution in [2.24, 2.45) is 5.41 Å². The lowest BCUT2D eigenvalue weighted by atomic mass is 9.96. The highest BCUT2D eigenvalue weighted by Crippen LogP contribution is 2.18. The SMILES string of the molecule is COC(=O)CC[C@H](NC(=O)CCCC#Cn1cnc2[nH]c(NC(=O)C(C)(C)C)cc2c1=O)C(=O)OC. The fourth-order valence-corrected chi connectivity index (χ4v) is 2.96. The number of nitrogens with one attached hydrogen (secondary N) is 3. The van der Waals surface area contributed by atoms with Crippen LogP contribution in [-0.2, 0) is 28.7 Å². The Morgan fingerprint density at radius 2 is 1.89 bits per heavy atom. The molecule has 12 nitrogen and oxygen atoms in total. The van der Waals surface area contributed by atoms with Crippen molar-refractivity contribution in [3.05, 3.63) is 22.7 Å². The van der Waals surface area contributed by atoms with E-state index in [1.54, 1.807) is 20.8 Å². The van der Waals surface area contributed by atoms with E-state index in [4.69, 9.17) is 0 Å². The molecule has 2 rings (SSSR count). The topological polar surface area (TPSA) is 161 Å². The second-order valence-corrected chi connectivity index (χ2v) is 8.97. The molecule has 0 aliphatic rings. The molecular formula is C24H31N5O7. The van der Waals surface area contributed by atoms with E-state index < -0.39 is 34.9 Å². The second-order valence-electron chi connectivity index (χ2n) is 8.97. The first-order valence-electron chi connectivity index (χ1n) is 11.3. The van der Waals surface area contributed by atoms with Crippen LogP contribution in [0.3, 0.4) is 0 Å². The molecule has 0 saturated heterocycles. The largest absolute Gasteiger partial charge is 0.469 e. The van der Waals surface area contributed by atoms with Gasteiger partial charge in [0.05, 0.1) is 19.6 Å². The number of H-pyrrole nitrogens is 1. The van der Waals surface area contributed by atoms with Crippen molar-refractivity contribution in [1.29, 1.82) is 0 Å². The van der Waals surface area contributed by atoms with Gasteiger partial charge >= 0.3 is 11.9 Å². The van der Waals surface area contributed by atoms with Crippen molar-refractivity contribution in [1.82, 2.24) is 19.9 Å². The van der Waals surface area contributed by atoms with Crippen LogP contribution in [0.5, 0.6) is 0 Å². The lowest BCUT2D eigenvalue weighted by Crippen LogP contribution is -2.41. The molecule has 36 heavy (non-hydrogen) atoms.